The van der Waals surface area contributed by atoms with Gasteiger partial charge in [0.1, 0.15) is 0 Å². The van der Waals surface area contributed by atoms with Crippen molar-refractivity contribution in [3.63, 3.8) is 0 Å². The average molecular weight is 216 g/mol. The highest BCUT2D eigenvalue weighted by Crippen LogP contribution is 2.08. The normalized spacial score (nSPS) is 11.1. The van der Waals surface area contributed by atoms with Crippen molar-refractivity contribution < 1.29 is 9.84 Å². The molecule has 1 aromatic rings. The molecule has 0 bridgehead atoms. The summed E-state index contributed by atoms with van der Waals surface area (Å²) in [5, 5.41) is 8.87. The number of hydrogen-bond donors (Lipinski definition) is 1. The van der Waals surface area contributed by atoms with Gasteiger partial charge in [-0.05, 0) is 0 Å². The Morgan fingerprint density at radius 3 is 3.00 bits per heavy atom. The van der Waals surface area contributed by atoms with Crippen LogP contribution < -0.4 is 0 Å². The summed E-state index contributed by atoms with van der Waals surface area (Å²) in [4.78, 5) is 7.38. The lowest BCUT2D eigenvalue weighted by molar-refractivity contribution is 0.127. The van der Waals surface area contributed by atoms with Crippen LogP contribution in [-0.4, -0.2) is 48.4 Å². The largest absolute Gasteiger partial charge is 0.395 e. The first kappa shape index (κ1) is 11.6. The first-order chi connectivity index (χ1) is 6.86. The van der Waals surface area contributed by atoms with Gasteiger partial charge in [0.05, 0.1) is 18.7 Å². The average Bonchev–Trinajstić information content (AvgIpc) is 2.67. The number of methoxy groups -OCH3 is 1. The summed E-state index contributed by atoms with van der Waals surface area (Å²) >= 11 is 1.64. The fourth-order valence-corrected chi connectivity index (χ4v) is 1.81. The molecule has 0 spiro atoms. The number of thiazole rings is 1. The van der Waals surface area contributed by atoms with Crippen molar-refractivity contribution in [1.29, 1.82) is 0 Å². The molecule has 0 radical (unpaired) electrons. The lowest BCUT2D eigenvalue weighted by Gasteiger charge is -2.19. The molecule has 0 saturated carbocycles. The molecule has 0 atom stereocenters. The first-order valence-corrected chi connectivity index (χ1v) is 5.44. The lowest BCUT2D eigenvalue weighted by atomic mass is 10.4. The standard InChI is InChI=1S/C9H16N2O2S/c1-13-5-3-11(2-4-12)7-9-6-10-8-14-9/h6,8,12H,2-5,7H2,1H3. The van der Waals surface area contributed by atoms with E-state index in [1.54, 1.807) is 18.4 Å². The van der Waals surface area contributed by atoms with E-state index in [4.69, 9.17) is 9.84 Å². The van der Waals surface area contributed by atoms with E-state index < -0.39 is 0 Å². The van der Waals surface area contributed by atoms with Crippen LogP contribution in [0.5, 0.6) is 0 Å². The molecular weight excluding hydrogens is 200 g/mol. The van der Waals surface area contributed by atoms with Crippen LogP contribution in [0.15, 0.2) is 11.7 Å². The molecule has 0 aliphatic carbocycles. The van der Waals surface area contributed by atoms with Gasteiger partial charge < -0.3 is 9.84 Å². The minimum Gasteiger partial charge on any atom is -0.395 e. The SMILES string of the molecule is COCCN(CCO)Cc1cncs1. The lowest BCUT2D eigenvalue weighted by Crippen LogP contribution is -2.29. The van der Waals surface area contributed by atoms with E-state index in [1.807, 2.05) is 11.7 Å². The van der Waals surface area contributed by atoms with Gasteiger partial charge in [-0.2, -0.15) is 0 Å². The molecule has 0 aliphatic rings. The Labute approximate surface area is 88.1 Å². The molecule has 1 N–H and O–H groups in total. The van der Waals surface area contributed by atoms with Crippen LogP contribution in [0.4, 0.5) is 0 Å². The van der Waals surface area contributed by atoms with Crippen molar-refractivity contribution in [2.45, 2.75) is 6.54 Å². The Bertz CT molecular complexity index is 229. The molecule has 0 unspecified atom stereocenters. The van der Waals surface area contributed by atoms with Crippen LogP contribution in [0.3, 0.4) is 0 Å². The third-order valence-electron chi connectivity index (χ3n) is 1.89. The van der Waals surface area contributed by atoms with Gasteiger partial charge in [-0.3, -0.25) is 9.88 Å². The molecule has 5 heteroatoms. The van der Waals surface area contributed by atoms with Gasteiger partial charge in [0, 0.05) is 37.8 Å². The number of aliphatic hydroxyl groups excluding tert-OH is 1. The number of hydrogen-bond acceptors (Lipinski definition) is 5. The Kier molecular flexibility index (Phi) is 5.70. The van der Waals surface area contributed by atoms with E-state index in [-0.39, 0.29) is 6.61 Å². The van der Waals surface area contributed by atoms with Crippen LogP contribution in [-0.2, 0) is 11.3 Å². The van der Waals surface area contributed by atoms with Crippen LogP contribution in [0.2, 0.25) is 0 Å². The highest BCUT2D eigenvalue weighted by atomic mass is 32.1. The second-order valence-corrected chi connectivity index (χ2v) is 3.93. The van der Waals surface area contributed by atoms with Crippen molar-refractivity contribution >= 4 is 11.3 Å². The van der Waals surface area contributed by atoms with E-state index in [0.717, 1.165) is 13.1 Å². The van der Waals surface area contributed by atoms with Crippen molar-refractivity contribution in [3.05, 3.63) is 16.6 Å². The smallest absolute Gasteiger partial charge is 0.0794 e. The van der Waals surface area contributed by atoms with Gasteiger partial charge in [-0.15, -0.1) is 11.3 Å². The molecule has 1 heterocycles. The molecule has 80 valence electrons. The summed E-state index contributed by atoms with van der Waals surface area (Å²) in [6.45, 7) is 3.24. The molecule has 0 aromatic carbocycles. The molecule has 1 rings (SSSR count). The second kappa shape index (κ2) is 6.89. The maximum absolute atomic E-state index is 8.87. The molecule has 1 aromatic heterocycles. The number of ether oxygens (including phenoxy) is 1. The third kappa shape index (κ3) is 4.15. The minimum atomic E-state index is 0.183. The van der Waals surface area contributed by atoms with E-state index in [9.17, 15) is 0 Å². The minimum absolute atomic E-state index is 0.183. The summed E-state index contributed by atoms with van der Waals surface area (Å²) < 4.78 is 5.00. The fourth-order valence-electron chi connectivity index (χ4n) is 1.17. The summed E-state index contributed by atoms with van der Waals surface area (Å²) in [5.41, 5.74) is 1.82. The van der Waals surface area contributed by atoms with Crippen molar-refractivity contribution in [1.82, 2.24) is 9.88 Å². The van der Waals surface area contributed by atoms with Crippen LogP contribution in [0.25, 0.3) is 0 Å². The van der Waals surface area contributed by atoms with Gasteiger partial charge >= 0.3 is 0 Å². The van der Waals surface area contributed by atoms with Gasteiger partial charge in [0.25, 0.3) is 0 Å². The van der Waals surface area contributed by atoms with E-state index in [2.05, 4.69) is 9.88 Å². The number of rotatable bonds is 7. The van der Waals surface area contributed by atoms with Gasteiger partial charge in [0.15, 0.2) is 0 Å². The maximum atomic E-state index is 8.87. The molecule has 0 fully saturated rings. The highest BCUT2D eigenvalue weighted by molar-refractivity contribution is 7.09. The van der Waals surface area contributed by atoms with E-state index in [1.165, 1.54) is 4.88 Å². The Hall–Kier alpha value is -0.490. The van der Waals surface area contributed by atoms with Gasteiger partial charge in [-0.1, -0.05) is 0 Å². The quantitative estimate of drug-likeness (QED) is 0.724. The zero-order valence-corrected chi connectivity index (χ0v) is 9.16. The highest BCUT2D eigenvalue weighted by Gasteiger charge is 2.05. The monoisotopic (exact) mass is 216 g/mol. The number of aromatic nitrogens is 1. The predicted octanol–water partition coefficient (Wildman–Crippen LogP) is 0.584. The Morgan fingerprint density at radius 1 is 1.57 bits per heavy atom. The van der Waals surface area contributed by atoms with E-state index in [0.29, 0.717) is 13.2 Å². The van der Waals surface area contributed by atoms with Crippen molar-refractivity contribution in [3.8, 4) is 0 Å². The maximum Gasteiger partial charge on any atom is 0.0794 e. The van der Waals surface area contributed by atoms with Crippen LogP contribution in [0.1, 0.15) is 4.88 Å². The fraction of sp³-hybridized carbons (Fsp3) is 0.667. The zero-order chi connectivity index (χ0) is 10.2. The predicted molar refractivity (Wildman–Crippen MR) is 56.4 cm³/mol. The summed E-state index contributed by atoms with van der Waals surface area (Å²) in [6, 6.07) is 0. The number of nitrogens with zero attached hydrogens (tertiary/aromatic N) is 2. The summed E-state index contributed by atoms with van der Waals surface area (Å²) in [7, 11) is 1.68. The van der Waals surface area contributed by atoms with Gasteiger partial charge in [0.2, 0.25) is 0 Å². The topological polar surface area (TPSA) is 45.6 Å². The first-order valence-electron chi connectivity index (χ1n) is 4.56. The molecule has 0 saturated heterocycles. The summed E-state index contributed by atoms with van der Waals surface area (Å²) in [6.07, 6.45) is 1.86. The Balaban J connectivity index is 2.34. The summed E-state index contributed by atoms with van der Waals surface area (Å²) in [5.74, 6) is 0. The van der Waals surface area contributed by atoms with Gasteiger partial charge in [-0.25, -0.2) is 0 Å². The number of aliphatic hydroxyl groups is 1. The molecule has 0 amide bonds. The molecule has 14 heavy (non-hydrogen) atoms. The van der Waals surface area contributed by atoms with Crippen LogP contribution in [0, 0.1) is 0 Å². The third-order valence-corrected chi connectivity index (χ3v) is 2.66. The van der Waals surface area contributed by atoms with E-state index >= 15 is 0 Å². The van der Waals surface area contributed by atoms with Crippen LogP contribution >= 0.6 is 11.3 Å². The Morgan fingerprint density at radius 2 is 2.43 bits per heavy atom. The molecule has 0 aliphatic heterocycles. The van der Waals surface area contributed by atoms with Crippen molar-refractivity contribution in [2.75, 3.05) is 33.4 Å². The second-order valence-electron chi connectivity index (χ2n) is 2.96. The van der Waals surface area contributed by atoms with Crippen molar-refractivity contribution in [2.24, 2.45) is 0 Å². The molecule has 4 nitrogen and oxygen atoms in total. The zero-order valence-electron chi connectivity index (χ0n) is 8.35. The molecular formula is C9H16N2O2S.